The molecule has 0 aromatic rings. The zero-order chi connectivity index (χ0) is 12.3. The van der Waals surface area contributed by atoms with Crippen LogP contribution in [0.3, 0.4) is 0 Å². The molecule has 2 nitrogen and oxygen atoms in total. The first-order chi connectivity index (χ1) is 8.10. The Kier molecular flexibility index (Phi) is 4.12. The van der Waals surface area contributed by atoms with Gasteiger partial charge in [-0.1, -0.05) is 25.7 Å². The molecule has 1 aliphatic carbocycles. The molecule has 2 rings (SSSR count). The number of aliphatic hydroxyl groups is 1. The van der Waals surface area contributed by atoms with Gasteiger partial charge in [0.05, 0.1) is 12.2 Å². The van der Waals surface area contributed by atoms with E-state index in [1.165, 1.54) is 0 Å². The van der Waals surface area contributed by atoms with Crippen molar-refractivity contribution in [2.24, 2.45) is 17.8 Å². The van der Waals surface area contributed by atoms with Crippen molar-refractivity contribution >= 4 is 0 Å². The lowest BCUT2D eigenvalue weighted by Crippen LogP contribution is -2.38. The molecule has 1 unspecified atom stereocenters. The highest BCUT2D eigenvalue weighted by Crippen LogP contribution is 2.36. The molecule has 0 amide bonds. The average molecular weight is 236 g/mol. The van der Waals surface area contributed by atoms with Crippen LogP contribution >= 0.6 is 0 Å². The third-order valence-corrected chi connectivity index (χ3v) is 4.35. The Morgan fingerprint density at radius 3 is 2.29 bits per heavy atom. The summed E-state index contributed by atoms with van der Waals surface area (Å²) in [7, 11) is 0. The van der Waals surface area contributed by atoms with Gasteiger partial charge in [-0.25, -0.2) is 0 Å². The van der Waals surface area contributed by atoms with Gasteiger partial charge < -0.3 is 9.84 Å². The van der Waals surface area contributed by atoms with Crippen molar-refractivity contribution in [3.8, 4) is 11.8 Å². The fourth-order valence-electron chi connectivity index (χ4n) is 2.72. The van der Waals surface area contributed by atoms with E-state index in [2.05, 4.69) is 25.7 Å². The highest BCUT2D eigenvalue weighted by Gasteiger charge is 2.35. The van der Waals surface area contributed by atoms with E-state index in [0.29, 0.717) is 17.8 Å². The maximum absolute atomic E-state index is 10.4. The van der Waals surface area contributed by atoms with Crippen LogP contribution in [0.15, 0.2) is 0 Å². The maximum Gasteiger partial charge on any atom is 0.0671 e. The lowest BCUT2D eigenvalue weighted by atomic mass is 9.73. The van der Waals surface area contributed by atoms with Gasteiger partial charge in [-0.05, 0) is 38.0 Å². The van der Waals surface area contributed by atoms with Crippen LogP contribution in [0.5, 0.6) is 0 Å². The van der Waals surface area contributed by atoms with Gasteiger partial charge in [0.2, 0.25) is 0 Å². The number of ether oxygens (including phenoxy) is 1. The molecule has 1 N–H and O–H groups in total. The summed E-state index contributed by atoms with van der Waals surface area (Å²) < 4.78 is 5.32. The van der Waals surface area contributed by atoms with Crippen molar-refractivity contribution < 1.29 is 9.84 Å². The van der Waals surface area contributed by atoms with Crippen LogP contribution in [0.4, 0.5) is 0 Å². The quantitative estimate of drug-likeness (QED) is 0.709. The highest BCUT2D eigenvalue weighted by atomic mass is 16.5. The molecule has 1 atom stereocenters. The van der Waals surface area contributed by atoms with Crippen LogP contribution in [0.25, 0.3) is 0 Å². The second kappa shape index (κ2) is 5.42. The Bertz CT molecular complexity index is 297. The van der Waals surface area contributed by atoms with E-state index in [0.717, 1.165) is 45.3 Å². The summed E-state index contributed by atoms with van der Waals surface area (Å²) in [6.07, 6.45) is 5.01. The van der Waals surface area contributed by atoms with Gasteiger partial charge in [0.25, 0.3) is 0 Å². The topological polar surface area (TPSA) is 29.5 Å². The Labute approximate surface area is 105 Å². The SMILES string of the molecule is CC(C)C1(O)CCC(C#CC2CCOC2)CC1. The van der Waals surface area contributed by atoms with Crippen molar-refractivity contribution in [1.29, 1.82) is 0 Å². The van der Waals surface area contributed by atoms with Crippen LogP contribution in [0.1, 0.15) is 46.0 Å². The summed E-state index contributed by atoms with van der Waals surface area (Å²) in [5.41, 5.74) is -0.436. The van der Waals surface area contributed by atoms with Gasteiger partial charge in [0.1, 0.15) is 0 Å². The lowest BCUT2D eigenvalue weighted by Gasteiger charge is -2.37. The number of hydrogen-bond donors (Lipinski definition) is 1. The van der Waals surface area contributed by atoms with Crippen LogP contribution in [0, 0.1) is 29.6 Å². The molecule has 0 spiro atoms. The first-order valence-electron chi connectivity index (χ1n) is 6.91. The molecule has 96 valence electrons. The lowest BCUT2D eigenvalue weighted by molar-refractivity contribution is -0.0428. The molecule has 1 aliphatic heterocycles. The van der Waals surface area contributed by atoms with E-state index in [1.807, 2.05) is 0 Å². The Morgan fingerprint density at radius 1 is 1.12 bits per heavy atom. The first kappa shape index (κ1) is 12.9. The summed E-state index contributed by atoms with van der Waals surface area (Å²) in [6.45, 7) is 5.91. The van der Waals surface area contributed by atoms with Crippen LogP contribution in [0.2, 0.25) is 0 Å². The summed E-state index contributed by atoms with van der Waals surface area (Å²) in [5.74, 6) is 8.07. The van der Waals surface area contributed by atoms with Crippen LogP contribution in [-0.4, -0.2) is 23.9 Å². The molecular weight excluding hydrogens is 212 g/mol. The van der Waals surface area contributed by atoms with Crippen LogP contribution in [-0.2, 0) is 4.74 Å². The molecule has 2 fully saturated rings. The largest absolute Gasteiger partial charge is 0.390 e. The molecule has 0 radical (unpaired) electrons. The third kappa shape index (κ3) is 3.24. The van der Waals surface area contributed by atoms with Gasteiger partial charge in [-0.3, -0.25) is 0 Å². The molecule has 17 heavy (non-hydrogen) atoms. The minimum Gasteiger partial charge on any atom is -0.390 e. The minimum atomic E-state index is -0.436. The van der Waals surface area contributed by atoms with Gasteiger partial charge >= 0.3 is 0 Å². The molecule has 2 heteroatoms. The summed E-state index contributed by atoms with van der Waals surface area (Å²) in [4.78, 5) is 0. The fourth-order valence-corrected chi connectivity index (χ4v) is 2.72. The molecule has 1 saturated carbocycles. The highest BCUT2D eigenvalue weighted by molar-refractivity contribution is 5.10. The van der Waals surface area contributed by atoms with E-state index < -0.39 is 5.60 Å². The molecule has 0 bridgehead atoms. The Morgan fingerprint density at radius 2 is 1.76 bits per heavy atom. The zero-order valence-corrected chi connectivity index (χ0v) is 11.0. The van der Waals surface area contributed by atoms with Crippen molar-refractivity contribution in [1.82, 2.24) is 0 Å². The summed E-state index contributed by atoms with van der Waals surface area (Å²) in [6, 6.07) is 0. The van der Waals surface area contributed by atoms with Gasteiger partial charge in [-0.2, -0.15) is 0 Å². The third-order valence-electron chi connectivity index (χ3n) is 4.35. The van der Waals surface area contributed by atoms with E-state index in [1.54, 1.807) is 0 Å². The smallest absolute Gasteiger partial charge is 0.0671 e. The van der Waals surface area contributed by atoms with Crippen molar-refractivity contribution in [2.45, 2.75) is 51.6 Å². The Hall–Kier alpha value is -0.520. The van der Waals surface area contributed by atoms with E-state index >= 15 is 0 Å². The molecule has 2 aliphatic rings. The maximum atomic E-state index is 10.4. The van der Waals surface area contributed by atoms with Crippen LogP contribution < -0.4 is 0 Å². The van der Waals surface area contributed by atoms with Crippen molar-refractivity contribution in [3.63, 3.8) is 0 Å². The number of hydrogen-bond acceptors (Lipinski definition) is 2. The van der Waals surface area contributed by atoms with E-state index in [4.69, 9.17) is 4.74 Å². The average Bonchev–Trinajstić information content (AvgIpc) is 2.81. The van der Waals surface area contributed by atoms with E-state index in [9.17, 15) is 5.11 Å². The van der Waals surface area contributed by atoms with Crippen molar-refractivity contribution in [3.05, 3.63) is 0 Å². The predicted molar refractivity (Wildman–Crippen MR) is 68.4 cm³/mol. The molecule has 0 aromatic heterocycles. The second-order valence-corrected chi connectivity index (χ2v) is 5.88. The van der Waals surface area contributed by atoms with Gasteiger partial charge in [0, 0.05) is 18.4 Å². The Balaban J connectivity index is 1.82. The van der Waals surface area contributed by atoms with Crippen molar-refractivity contribution in [2.75, 3.05) is 13.2 Å². The van der Waals surface area contributed by atoms with E-state index in [-0.39, 0.29) is 0 Å². The first-order valence-corrected chi connectivity index (χ1v) is 6.91. The molecule has 1 heterocycles. The molecule has 0 aromatic carbocycles. The standard InChI is InChI=1S/C15H24O2/c1-12(2)15(16)8-5-13(6-9-15)3-4-14-7-10-17-11-14/h12-14,16H,5-11H2,1-2H3. The zero-order valence-electron chi connectivity index (χ0n) is 11.0. The number of rotatable bonds is 1. The fraction of sp³-hybridized carbons (Fsp3) is 0.867. The van der Waals surface area contributed by atoms with Gasteiger partial charge in [-0.15, -0.1) is 0 Å². The summed E-state index contributed by atoms with van der Waals surface area (Å²) in [5, 5.41) is 10.4. The predicted octanol–water partition coefficient (Wildman–Crippen LogP) is 2.60. The molecular formula is C15H24O2. The minimum absolute atomic E-state index is 0.361. The van der Waals surface area contributed by atoms with Gasteiger partial charge in [0.15, 0.2) is 0 Å². The second-order valence-electron chi connectivity index (χ2n) is 5.88. The normalized spacial score (nSPS) is 37.9. The molecule has 1 saturated heterocycles. The monoisotopic (exact) mass is 236 g/mol. The summed E-state index contributed by atoms with van der Waals surface area (Å²) >= 11 is 0.